The molecule has 1 aromatic carbocycles. The third-order valence-electron chi connectivity index (χ3n) is 5.26. The molecule has 0 aliphatic heterocycles. The molecule has 1 atom stereocenters. The van der Waals surface area contributed by atoms with Gasteiger partial charge in [0.25, 0.3) is 0 Å². The molecule has 6 nitrogen and oxygen atoms in total. The molecule has 0 saturated heterocycles. The number of hydrogen-bond donors (Lipinski definition) is 1. The highest BCUT2D eigenvalue weighted by atomic mass is 16.5. The van der Waals surface area contributed by atoms with Gasteiger partial charge in [0.15, 0.2) is 0 Å². The van der Waals surface area contributed by atoms with Crippen molar-refractivity contribution in [3.63, 3.8) is 0 Å². The van der Waals surface area contributed by atoms with Crippen molar-refractivity contribution < 1.29 is 14.6 Å². The first-order valence-corrected chi connectivity index (χ1v) is 10.3. The molecule has 1 aliphatic carbocycles. The second-order valence-corrected chi connectivity index (χ2v) is 7.83. The molecule has 1 aliphatic rings. The number of aromatic nitrogens is 2. The standard InChI is InChI=1S/C22H33N3O3/c1-24(15-19(26)16-27-20-6-4-3-5-7-20)14-18-8-10-21(11-9-18)28-17-22-23-12-13-25(22)2/h8-13,19-20,26H,3-7,14-17H2,1-2H3/t19-/m0/s1. The molecule has 1 saturated carbocycles. The van der Waals surface area contributed by atoms with Crippen molar-refractivity contribution in [2.75, 3.05) is 20.2 Å². The molecule has 0 amide bonds. The van der Waals surface area contributed by atoms with Gasteiger partial charge in [-0.2, -0.15) is 0 Å². The highest BCUT2D eigenvalue weighted by Gasteiger charge is 2.16. The van der Waals surface area contributed by atoms with E-state index in [-0.39, 0.29) is 0 Å². The number of aliphatic hydroxyl groups is 1. The minimum atomic E-state index is -0.452. The highest BCUT2D eigenvalue weighted by Crippen LogP contribution is 2.20. The molecule has 1 heterocycles. The number of rotatable bonds is 10. The SMILES string of the molecule is CN(Cc1ccc(OCc2nccn2C)cc1)C[C@H](O)COC1CCCCC1. The van der Waals surface area contributed by atoms with Crippen LogP contribution in [0.3, 0.4) is 0 Å². The molecule has 1 aromatic heterocycles. The van der Waals surface area contributed by atoms with E-state index in [1.165, 1.54) is 24.8 Å². The first kappa shape index (κ1) is 20.8. The highest BCUT2D eigenvalue weighted by molar-refractivity contribution is 5.27. The summed E-state index contributed by atoms with van der Waals surface area (Å²) in [6, 6.07) is 8.09. The lowest BCUT2D eigenvalue weighted by molar-refractivity contribution is -0.0319. The first-order chi connectivity index (χ1) is 13.6. The van der Waals surface area contributed by atoms with Crippen molar-refractivity contribution in [1.82, 2.24) is 14.5 Å². The topological polar surface area (TPSA) is 59.8 Å². The van der Waals surface area contributed by atoms with E-state index in [1.807, 2.05) is 37.0 Å². The van der Waals surface area contributed by atoms with Gasteiger partial charge in [0.05, 0.1) is 18.8 Å². The summed E-state index contributed by atoms with van der Waals surface area (Å²) in [5, 5.41) is 10.3. The van der Waals surface area contributed by atoms with Crippen LogP contribution >= 0.6 is 0 Å². The monoisotopic (exact) mass is 387 g/mol. The maximum absolute atomic E-state index is 10.3. The Kier molecular flexibility index (Phi) is 7.89. The average molecular weight is 388 g/mol. The van der Waals surface area contributed by atoms with Gasteiger partial charge in [-0.1, -0.05) is 31.4 Å². The second-order valence-electron chi connectivity index (χ2n) is 7.83. The molecule has 0 bridgehead atoms. The zero-order chi connectivity index (χ0) is 19.8. The van der Waals surface area contributed by atoms with Crippen molar-refractivity contribution in [3.05, 3.63) is 48.0 Å². The number of benzene rings is 1. The van der Waals surface area contributed by atoms with Crippen LogP contribution in [-0.4, -0.2) is 52.0 Å². The predicted octanol–water partition coefficient (Wildman–Crippen LogP) is 3.14. The molecule has 0 radical (unpaired) electrons. The predicted molar refractivity (Wildman–Crippen MR) is 109 cm³/mol. The van der Waals surface area contributed by atoms with Gasteiger partial charge in [0.1, 0.15) is 18.2 Å². The molecular weight excluding hydrogens is 354 g/mol. The fourth-order valence-corrected chi connectivity index (χ4v) is 3.64. The Bertz CT molecular complexity index is 695. The van der Waals surface area contributed by atoms with Crippen LogP contribution < -0.4 is 4.74 Å². The molecular formula is C22H33N3O3. The zero-order valence-electron chi connectivity index (χ0n) is 17.1. The minimum absolute atomic E-state index is 0.340. The minimum Gasteiger partial charge on any atom is -0.486 e. The van der Waals surface area contributed by atoms with E-state index < -0.39 is 6.10 Å². The third kappa shape index (κ3) is 6.62. The molecule has 0 spiro atoms. The smallest absolute Gasteiger partial charge is 0.146 e. The number of nitrogens with zero attached hydrogens (tertiary/aromatic N) is 3. The summed E-state index contributed by atoms with van der Waals surface area (Å²) in [6.45, 7) is 2.26. The van der Waals surface area contributed by atoms with Crippen LogP contribution in [0.25, 0.3) is 0 Å². The Labute approximate surface area is 168 Å². The van der Waals surface area contributed by atoms with E-state index in [0.717, 1.165) is 31.0 Å². The zero-order valence-corrected chi connectivity index (χ0v) is 17.1. The fourth-order valence-electron chi connectivity index (χ4n) is 3.64. The van der Waals surface area contributed by atoms with Crippen LogP contribution in [0.15, 0.2) is 36.7 Å². The van der Waals surface area contributed by atoms with Gasteiger partial charge in [-0.3, -0.25) is 4.90 Å². The summed E-state index contributed by atoms with van der Waals surface area (Å²) in [7, 11) is 3.98. The Morgan fingerprint density at radius 2 is 1.96 bits per heavy atom. The summed E-state index contributed by atoms with van der Waals surface area (Å²) >= 11 is 0. The molecule has 3 rings (SSSR count). The summed E-state index contributed by atoms with van der Waals surface area (Å²) in [5.74, 6) is 1.73. The molecule has 28 heavy (non-hydrogen) atoms. The van der Waals surface area contributed by atoms with Gasteiger partial charge >= 0.3 is 0 Å². The molecule has 1 fully saturated rings. The number of hydrogen-bond acceptors (Lipinski definition) is 5. The molecule has 2 aromatic rings. The molecule has 6 heteroatoms. The number of aliphatic hydroxyl groups excluding tert-OH is 1. The average Bonchev–Trinajstić information content (AvgIpc) is 3.11. The van der Waals surface area contributed by atoms with Crippen LogP contribution in [0, 0.1) is 0 Å². The van der Waals surface area contributed by atoms with Gasteiger partial charge in [-0.15, -0.1) is 0 Å². The van der Waals surface area contributed by atoms with Crippen molar-refractivity contribution in [2.45, 2.75) is 57.5 Å². The molecule has 154 valence electrons. The lowest BCUT2D eigenvalue weighted by Gasteiger charge is -2.25. The van der Waals surface area contributed by atoms with Gasteiger partial charge < -0.3 is 19.1 Å². The Balaban J connectivity index is 1.37. The van der Waals surface area contributed by atoms with Crippen LogP contribution in [-0.2, 0) is 24.9 Å². The lowest BCUT2D eigenvalue weighted by atomic mass is 9.98. The second kappa shape index (κ2) is 10.6. The van der Waals surface area contributed by atoms with Crippen molar-refractivity contribution in [3.8, 4) is 5.75 Å². The van der Waals surface area contributed by atoms with Gasteiger partial charge in [-0.25, -0.2) is 4.98 Å². The van der Waals surface area contributed by atoms with Gasteiger partial charge in [-0.05, 0) is 37.6 Å². The van der Waals surface area contributed by atoms with Crippen molar-refractivity contribution in [2.24, 2.45) is 7.05 Å². The molecule has 1 N–H and O–H groups in total. The number of ether oxygens (including phenoxy) is 2. The fraction of sp³-hybridized carbons (Fsp3) is 0.591. The summed E-state index contributed by atoms with van der Waals surface area (Å²) in [4.78, 5) is 6.38. The van der Waals surface area contributed by atoms with Crippen LogP contribution in [0.1, 0.15) is 43.5 Å². The van der Waals surface area contributed by atoms with E-state index in [4.69, 9.17) is 9.47 Å². The van der Waals surface area contributed by atoms with Crippen molar-refractivity contribution in [1.29, 1.82) is 0 Å². The van der Waals surface area contributed by atoms with Crippen LogP contribution in [0.4, 0.5) is 0 Å². The van der Waals surface area contributed by atoms with E-state index in [1.54, 1.807) is 6.20 Å². The quantitative estimate of drug-likeness (QED) is 0.679. The maximum Gasteiger partial charge on any atom is 0.146 e. The van der Waals surface area contributed by atoms with Gasteiger partial charge in [0.2, 0.25) is 0 Å². The maximum atomic E-state index is 10.3. The summed E-state index contributed by atoms with van der Waals surface area (Å²) < 4.78 is 13.6. The lowest BCUT2D eigenvalue weighted by Crippen LogP contribution is -2.33. The van der Waals surface area contributed by atoms with Gasteiger partial charge in [0, 0.05) is 32.5 Å². The van der Waals surface area contributed by atoms with E-state index in [9.17, 15) is 5.11 Å². The number of aryl methyl sites for hydroxylation is 1. The number of likely N-dealkylation sites (N-methyl/N-ethyl adjacent to an activating group) is 1. The van der Waals surface area contributed by atoms with E-state index >= 15 is 0 Å². The molecule has 0 unspecified atom stereocenters. The first-order valence-electron chi connectivity index (χ1n) is 10.3. The third-order valence-corrected chi connectivity index (χ3v) is 5.26. The summed E-state index contributed by atoms with van der Waals surface area (Å²) in [6.07, 6.45) is 9.66. The summed E-state index contributed by atoms with van der Waals surface area (Å²) in [5.41, 5.74) is 1.19. The van der Waals surface area contributed by atoms with E-state index in [0.29, 0.717) is 25.9 Å². The van der Waals surface area contributed by atoms with Crippen LogP contribution in [0.2, 0.25) is 0 Å². The largest absolute Gasteiger partial charge is 0.486 e. The Morgan fingerprint density at radius 3 is 2.64 bits per heavy atom. The Morgan fingerprint density at radius 1 is 1.21 bits per heavy atom. The van der Waals surface area contributed by atoms with E-state index in [2.05, 4.69) is 22.0 Å². The normalized spacial score (nSPS) is 16.4. The Hall–Kier alpha value is -1.89. The number of imidazole rings is 1. The van der Waals surface area contributed by atoms with Crippen molar-refractivity contribution >= 4 is 0 Å². The van der Waals surface area contributed by atoms with Crippen LogP contribution in [0.5, 0.6) is 5.75 Å².